The van der Waals surface area contributed by atoms with E-state index in [0.29, 0.717) is 0 Å². The fraction of sp³-hybridized carbons (Fsp3) is 0. The normalized spacial score (nSPS) is 10.9. The van der Waals surface area contributed by atoms with Crippen LogP contribution >= 0.6 is 0 Å². The summed E-state index contributed by atoms with van der Waals surface area (Å²) in [5, 5.41) is 0. The number of fused-ring (bicyclic) bond motifs is 2. The molecule has 0 bridgehead atoms. The molecule has 0 saturated carbocycles. The van der Waals surface area contributed by atoms with Crippen LogP contribution in [0.25, 0.3) is 22.5 Å². The molecule has 0 spiro atoms. The van der Waals surface area contributed by atoms with Crippen molar-refractivity contribution in [3.8, 4) is 22.5 Å². The lowest BCUT2D eigenvalue weighted by Gasteiger charge is -1.94. The van der Waals surface area contributed by atoms with E-state index in [0.717, 1.165) is 22.5 Å². The van der Waals surface area contributed by atoms with Gasteiger partial charge in [0, 0.05) is 23.5 Å². The third-order valence-corrected chi connectivity index (χ3v) is 2.26. The maximum Gasteiger partial charge on any atom is 0.116 e. The standard InChI is InChI=1S/C11H7N3/c1-3-10-11(14-7-13-10)4-2-9-6-12-5-8(1)9/h1-7H. The predicted molar refractivity (Wildman–Crippen MR) is 53.1 cm³/mol. The van der Waals surface area contributed by atoms with Gasteiger partial charge < -0.3 is 0 Å². The summed E-state index contributed by atoms with van der Waals surface area (Å²) in [6.07, 6.45) is 5.27. The summed E-state index contributed by atoms with van der Waals surface area (Å²) in [7, 11) is 0. The highest BCUT2D eigenvalue weighted by Crippen LogP contribution is 2.22. The van der Waals surface area contributed by atoms with Crippen LogP contribution < -0.4 is 0 Å². The second kappa shape index (κ2) is 2.73. The topological polar surface area (TPSA) is 38.7 Å². The van der Waals surface area contributed by atoms with E-state index in [2.05, 4.69) is 15.0 Å². The average molecular weight is 181 g/mol. The minimum Gasteiger partial charge on any atom is -0.263 e. The van der Waals surface area contributed by atoms with Gasteiger partial charge in [-0.3, -0.25) is 4.98 Å². The lowest BCUT2D eigenvalue weighted by molar-refractivity contribution is 1.33. The summed E-state index contributed by atoms with van der Waals surface area (Å²) in [5.74, 6) is 0. The molecule has 2 heterocycles. The van der Waals surface area contributed by atoms with Crippen LogP contribution in [0.2, 0.25) is 0 Å². The van der Waals surface area contributed by atoms with Crippen molar-refractivity contribution in [3.05, 3.63) is 43.0 Å². The Bertz CT molecular complexity index is 429. The molecule has 0 radical (unpaired) electrons. The molecule has 0 saturated heterocycles. The number of aromatic nitrogens is 3. The second-order valence-corrected chi connectivity index (χ2v) is 3.13. The Labute approximate surface area is 81.2 Å². The van der Waals surface area contributed by atoms with E-state index >= 15 is 0 Å². The molecule has 14 heavy (non-hydrogen) atoms. The van der Waals surface area contributed by atoms with Crippen molar-refractivity contribution in [2.24, 2.45) is 0 Å². The zero-order valence-electron chi connectivity index (χ0n) is 7.38. The maximum absolute atomic E-state index is 4.15. The van der Waals surface area contributed by atoms with Gasteiger partial charge in [0.25, 0.3) is 0 Å². The van der Waals surface area contributed by atoms with Gasteiger partial charge in [-0.25, -0.2) is 9.97 Å². The van der Waals surface area contributed by atoms with Gasteiger partial charge in [-0.15, -0.1) is 0 Å². The molecular formula is C11H7N3. The van der Waals surface area contributed by atoms with Crippen molar-refractivity contribution in [2.45, 2.75) is 0 Å². The van der Waals surface area contributed by atoms with E-state index in [1.807, 2.05) is 36.7 Å². The van der Waals surface area contributed by atoms with Crippen molar-refractivity contribution in [1.29, 1.82) is 0 Å². The smallest absolute Gasteiger partial charge is 0.116 e. The Balaban J connectivity index is 2.34. The molecule has 0 N–H and O–H groups in total. The molecule has 66 valence electrons. The van der Waals surface area contributed by atoms with Crippen molar-refractivity contribution in [2.75, 3.05) is 0 Å². The molecule has 3 heteroatoms. The van der Waals surface area contributed by atoms with Gasteiger partial charge in [-0.05, 0) is 12.1 Å². The van der Waals surface area contributed by atoms with Crippen LogP contribution in [0.3, 0.4) is 0 Å². The Morgan fingerprint density at radius 3 is 1.86 bits per heavy atom. The van der Waals surface area contributed by atoms with Gasteiger partial charge in [-0.2, -0.15) is 0 Å². The van der Waals surface area contributed by atoms with Crippen LogP contribution in [-0.2, 0) is 0 Å². The van der Waals surface area contributed by atoms with Crippen molar-refractivity contribution in [1.82, 2.24) is 15.0 Å². The minimum absolute atomic E-state index is 0.910. The molecule has 3 nitrogen and oxygen atoms in total. The molecule has 0 aromatic heterocycles. The van der Waals surface area contributed by atoms with Gasteiger partial charge >= 0.3 is 0 Å². The van der Waals surface area contributed by atoms with Gasteiger partial charge in [0.1, 0.15) is 6.33 Å². The van der Waals surface area contributed by atoms with Crippen LogP contribution in [0.1, 0.15) is 0 Å². The summed E-state index contributed by atoms with van der Waals surface area (Å²) in [4.78, 5) is 12.4. The molecule has 0 fully saturated rings. The minimum atomic E-state index is 0.910. The van der Waals surface area contributed by atoms with Gasteiger partial charge in [-0.1, -0.05) is 12.1 Å². The quantitative estimate of drug-likeness (QED) is 0.533. The monoisotopic (exact) mass is 181 g/mol. The van der Waals surface area contributed by atoms with E-state index in [9.17, 15) is 0 Å². The summed E-state index contributed by atoms with van der Waals surface area (Å²) in [6, 6.07) is 7.96. The first-order valence-corrected chi connectivity index (χ1v) is 4.38. The SMILES string of the molecule is c1nc2ccc3cncc-3ccc-2n1. The Morgan fingerprint density at radius 1 is 0.714 bits per heavy atom. The summed E-state index contributed by atoms with van der Waals surface area (Å²) in [6.45, 7) is 0. The summed E-state index contributed by atoms with van der Waals surface area (Å²) in [5.41, 5.74) is 4.06. The van der Waals surface area contributed by atoms with Gasteiger partial charge in [0.15, 0.2) is 0 Å². The van der Waals surface area contributed by atoms with Crippen molar-refractivity contribution >= 4 is 0 Å². The van der Waals surface area contributed by atoms with Crippen LogP contribution in [0.5, 0.6) is 0 Å². The first kappa shape index (κ1) is 7.38. The second-order valence-electron chi connectivity index (χ2n) is 3.13. The third kappa shape index (κ3) is 1.03. The molecule has 1 aliphatic carbocycles. The third-order valence-electron chi connectivity index (χ3n) is 2.26. The molecule has 0 aromatic carbocycles. The van der Waals surface area contributed by atoms with Crippen LogP contribution in [-0.4, -0.2) is 15.0 Å². The number of nitrogens with zero attached hydrogens (tertiary/aromatic N) is 3. The fourth-order valence-electron chi connectivity index (χ4n) is 1.51. The molecule has 0 aromatic rings. The first-order valence-electron chi connectivity index (χ1n) is 4.38. The summed E-state index contributed by atoms with van der Waals surface area (Å²) < 4.78 is 0. The predicted octanol–water partition coefficient (Wildman–Crippen LogP) is 2.08. The molecule has 0 unspecified atom stereocenters. The summed E-state index contributed by atoms with van der Waals surface area (Å²) >= 11 is 0. The van der Waals surface area contributed by atoms with Gasteiger partial charge in [0.05, 0.1) is 11.4 Å². The number of hydrogen-bond acceptors (Lipinski definition) is 3. The van der Waals surface area contributed by atoms with Crippen LogP contribution in [0, 0.1) is 0 Å². The van der Waals surface area contributed by atoms with Crippen molar-refractivity contribution < 1.29 is 0 Å². The van der Waals surface area contributed by atoms with E-state index in [-0.39, 0.29) is 0 Å². The largest absolute Gasteiger partial charge is 0.263 e. The highest BCUT2D eigenvalue weighted by molar-refractivity contribution is 5.66. The van der Waals surface area contributed by atoms with Crippen molar-refractivity contribution in [3.63, 3.8) is 0 Å². The molecule has 3 aliphatic rings. The van der Waals surface area contributed by atoms with Crippen LogP contribution in [0.4, 0.5) is 0 Å². The number of hydrogen-bond donors (Lipinski definition) is 0. The Hall–Kier alpha value is -2.03. The molecular weight excluding hydrogens is 174 g/mol. The van der Waals surface area contributed by atoms with E-state index < -0.39 is 0 Å². The van der Waals surface area contributed by atoms with Gasteiger partial charge in [0.2, 0.25) is 0 Å². The highest BCUT2D eigenvalue weighted by Gasteiger charge is 2.04. The number of imidazole rings is 1. The lowest BCUT2D eigenvalue weighted by Crippen LogP contribution is -1.75. The highest BCUT2D eigenvalue weighted by atomic mass is 14.9. The first-order chi connectivity index (χ1) is 6.93. The lowest BCUT2D eigenvalue weighted by atomic mass is 10.1. The molecule has 2 aliphatic heterocycles. The van der Waals surface area contributed by atoms with E-state index in [1.54, 1.807) is 6.33 Å². The Kier molecular flexibility index (Phi) is 1.44. The van der Waals surface area contributed by atoms with E-state index in [4.69, 9.17) is 0 Å². The Morgan fingerprint density at radius 2 is 1.29 bits per heavy atom. The molecule has 0 amide bonds. The maximum atomic E-state index is 4.15. The zero-order chi connectivity index (χ0) is 9.38. The average Bonchev–Trinajstić information content (AvgIpc) is 2.75. The molecule has 3 rings (SSSR count). The van der Waals surface area contributed by atoms with E-state index in [1.165, 1.54) is 0 Å². The molecule has 0 atom stereocenters. The zero-order valence-corrected chi connectivity index (χ0v) is 7.38. The van der Waals surface area contributed by atoms with Crippen LogP contribution in [0.15, 0.2) is 43.0 Å². The number of rotatable bonds is 0. The fourth-order valence-corrected chi connectivity index (χ4v) is 1.51.